The Kier molecular flexibility index (Phi) is 6.32. The second-order valence-electron chi connectivity index (χ2n) is 7.84. The van der Waals surface area contributed by atoms with Gasteiger partial charge in [0.15, 0.2) is 0 Å². The standard InChI is InChI=1S/C24H17F2N9O3/c1-34-22(31-32-33-34)35-19-11-10-15(13-27)12-18(19)29-23(35)37-14-16-6-5-9-20(28-16)30-21(36)24(25,26)38-17-7-3-2-4-8-17/h2-12H,14H2,1H3,(H,28,30,36). The summed E-state index contributed by atoms with van der Waals surface area (Å²) in [4.78, 5) is 20.8. The molecular formula is C24H17F2N9O3. The van der Waals surface area contributed by atoms with E-state index in [1.165, 1.54) is 41.1 Å². The van der Waals surface area contributed by atoms with E-state index in [4.69, 9.17) is 4.74 Å². The summed E-state index contributed by atoms with van der Waals surface area (Å²) in [5.74, 6) is -1.67. The predicted molar refractivity (Wildman–Crippen MR) is 127 cm³/mol. The molecule has 5 rings (SSSR count). The molecule has 0 atom stereocenters. The Balaban J connectivity index is 1.35. The molecule has 12 nitrogen and oxygen atoms in total. The number of halogens is 2. The monoisotopic (exact) mass is 517 g/mol. The summed E-state index contributed by atoms with van der Waals surface area (Å²) in [5, 5.41) is 22.8. The lowest BCUT2D eigenvalue weighted by molar-refractivity contribution is -0.187. The van der Waals surface area contributed by atoms with Crippen molar-refractivity contribution in [2.45, 2.75) is 12.7 Å². The normalized spacial score (nSPS) is 11.2. The maximum atomic E-state index is 14.3. The zero-order valence-electron chi connectivity index (χ0n) is 19.6. The fraction of sp³-hybridized carbons (Fsp3) is 0.125. The molecule has 0 aliphatic heterocycles. The van der Waals surface area contributed by atoms with Gasteiger partial charge in [-0.25, -0.2) is 14.2 Å². The highest BCUT2D eigenvalue weighted by molar-refractivity contribution is 5.94. The van der Waals surface area contributed by atoms with Gasteiger partial charge in [-0.05, 0) is 52.9 Å². The van der Waals surface area contributed by atoms with Gasteiger partial charge in [-0.2, -0.15) is 19.0 Å². The highest BCUT2D eigenvalue weighted by atomic mass is 19.3. The van der Waals surface area contributed by atoms with Crippen LogP contribution in [-0.2, 0) is 18.4 Å². The first kappa shape index (κ1) is 24.3. The number of benzene rings is 2. The second-order valence-corrected chi connectivity index (χ2v) is 7.84. The highest BCUT2D eigenvalue weighted by Crippen LogP contribution is 2.27. The number of carbonyl (C=O) groups is 1. The molecule has 3 aromatic heterocycles. The van der Waals surface area contributed by atoms with E-state index < -0.39 is 12.0 Å². The minimum Gasteiger partial charge on any atom is -0.458 e. The topological polar surface area (TPSA) is 146 Å². The number of rotatable bonds is 8. The third kappa shape index (κ3) is 4.93. The van der Waals surface area contributed by atoms with Crippen molar-refractivity contribution in [2.24, 2.45) is 7.05 Å². The summed E-state index contributed by atoms with van der Waals surface area (Å²) in [6.07, 6.45) is -4.13. The van der Waals surface area contributed by atoms with Gasteiger partial charge in [0, 0.05) is 7.05 Å². The zero-order valence-corrected chi connectivity index (χ0v) is 19.6. The number of alkyl halides is 2. The number of para-hydroxylation sites is 1. The van der Waals surface area contributed by atoms with Crippen LogP contribution in [0.1, 0.15) is 11.3 Å². The summed E-state index contributed by atoms with van der Waals surface area (Å²) in [7, 11) is 1.64. The molecule has 14 heteroatoms. The van der Waals surface area contributed by atoms with Gasteiger partial charge in [-0.15, -0.1) is 0 Å². The molecule has 0 fully saturated rings. The number of carbonyl (C=O) groups excluding carboxylic acids is 1. The smallest absolute Gasteiger partial charge is 0.458 e. The Morgan fingerprint density at radius 2 is 1.92 bits per heavy atom. The van der Waals surface area contributed by atoms with Crippen molar-refractivity contribution >= 4 is 22.8 Å². The average Bonchev–Trinajstić information content (AvgIpc) is 3.49. The molecule has 0 spiro atoms. The molecule has 190 valence electrons. The van der Waals surface area contributed by atoms with E-state index in [9.17, 15) is 18.8 Å². The minimum atomic E-state index is -4.13. The Bertz CT molecular complexity index is 1660. The van der Waals surface area contributed by atoms with Gasteiger partial charge in [0.1, 0.15) is 18.2 Å². The number of hydrogen-bond donors (Lipinski definition) is 1. The fourth-order valence-electron chi connectivity index (χ4n) is 3.47. The van der Waals surface area contributed by atoms with Gasteiger partial charge in [0.2, 0.25) is 0 Å². The van der Waals surface area contributed by atoms with Gasteiger partial charge in [-0.3, -0.25) is 4.79 Å². The molecule has 38 heavy (non-hydrogen) atoms. The first-order valence-electron chi connectivity index (χ1n) is 11.0. The molecule has 1 amide bonds. The van der Waals surface area contributed by atoms with Crippen LogP contribution in [-0.4, -0.2) is 46.8 Å². The third-order valence-corrected chi connectivity index (χ3v) is 5.20. The highest BCUT2D eigenvalue weighted by Gasteiger charge is 2.42. The van der Waals surface area contributed by atoms with Crippen molar-refractivity contribution in [3.63, 3.8) is 0 Å². The summed E-state index contributed by atoms with van der Waals surface area (Å²) in [6.45, 7) is -0.139. The van der Waals surface area contributed by atoms with Crippen molar-refractivity contribution in [1.29, 1.82) is 5.26 Å². The van der Waals surface area contributed by atoms with Crippen LogP contribution < -0.4 is 14.8 Å². The predicted octanol–water partition coefficient (Wildman–Crippen LogP) is 3.00. The van der Waals surface area contributed by atoms with Crippen LogP contribution in [0.25, 0.3) is 17.0 Å². The number of aromatic nitrogens is 7. The average molecular weight is 517 g/mol. The number of ether oxygens (including phenoxy) is 2. The third-order valence-electron chi connectivity index (χ3n) is 5.20. The molecule has 0 saturated heterocycles. The molecule has 0 bridgehead atoms. The SMILES string of the molecule is Cn1nnnc1-n1c(OCc2cccc(NC(=O)C(F)(F)Oc3ccccc3)n2)nc2cc(C#N)ccc21. The van der Waals surface area contributed by atoms with Gasteiger partial charge in [0.05, 0.1) is 28.4 Å². The summed E-state index contributed by atoms with van der Waals surface area (Å²) < 4.78 is 42.0. The van der Waals surface area contributed by atoms with Crippen molar-refractivity contribution in [1.82, 2.24) is 34.7 Å². The van der Waals surface area contributed by atoms with Crippen LogP contribution in [0.2, 0.25) is 0 Å². The molecule has 2 aromatic carbocycles. The number of hydrogen-bond acceptors (Lipinski definition) is 9. The lowest BCUT2D eigenvalue weighted by atomic mass is 10.2. The van der Waals surface area contributed by atoms with Crippen molar-refractivity contribution in [3.8, 4) is 23.8 Å². The number of tetrazole rings is 1. The van der Waals surface area contributed by atoms with Gasteiger partial charge < -0.3 is 14.8 Å². The number of aryl methyl sites for hydroxylation is 1. The van der Waals surface area contributed by atoms with E-state index in [1.807, 2.05) is 0 Å². The lowest BCUT2D eigenvalue weighted by Gasteiger charge is -2.17. The second kappa shape index (κ2) is 9.90. The van der Waals surface area contributed by atoms with Crippen LogP contribution in [0.4, 0.5) is 14.6 Å². The maximum absolute atomic E-state index is 14.3. The molecule has 0 unspecified atom stereocenters. The molecule has 0 aliphatic rings. The quantitative estimate of drug-likeness (QED) is 0.328. The van der Waals surface area contributed by atoms with Crippen molar-refractivity contribution < 1.29 is 23.0 Å². The maximum Gasteiger partial charge on any atom is 0.482 e. The van der Waals surface area contributed by atoms with E-state index >= 15 is 0 Å². The van der Waals surface area contributed by atoms with Crippen LogP contribution in [0.15, 0.2) is 66.7 Å². The van der Waals surface area contributed by atoms with Crippen LogP contribution in [0.3, 0.4) is 0 Å². The zero-order chi connectivity index (χ0) is 26.7. The van der Waals surface area contributed by atoms with E-state index in [2.05, 4.69) is 41.6 Å². The lowest BCUT2D eigenvalue weighted by Crippen LogP contribution is -2.40. The Morgan fingerprint density at radius 1 is 1.11 bits per heavy atom. The first-order valence-corrected chi connectivity index (χ1v) is 11.0. The Labute approximate surface area is 213 Å². The van der Waals surface area contributed by atoms with Crippen LogP contribution >= 0.6 is 0 Å². The number of nitrogens with zero attached hydrogens (tertiary/aromatic N) is 8. The largest absolute Gasteiger partial charge is 0.482 e. The van der Waals surface area contributed by atoms with Crippen molar-refractivity contribution in [3.05, 3.63) is 78.0 Å². The summed E-state index contributed by atoms with van der Waals surface area (Å²) in [6, 6.07) is 18.8. The van der Waals surface area contributed by atoms with E-state index in [-0.39, 0.29) is 24.2 Å². The first-order chi connectivity index (χ1) is 18.3. The summed E-state index contributed by atoms with van der Waals surface area (Å²) in [5.41, 5.74) is 1.77. The fourth-order valence-corrected chi connectivity index (χ4v) is 3.47. The number of nitrogens with one attached hydrogen (secondary N) is 1. The summed E-state index contributed by atoms with van der Waals surface area (Å²) >= 11 is 0. The van der Waals surface area contributed by atoms with Gasteiger partial charge >= 0.3 is 18.0 Å². The molecule has 3 heterocycles. The Morgan fingerprint density at radius 3 is 2.66 bits per heavy atom. The van der Waals surface area contributed by atoms with Gasteiger partial charge in [-0.1, -0.05) is 29.4 Å². The molecule has 0 aliphatic carbocycles. The van der Waals surface area contributed by atoms with Gasteiger partial charge in [0.25, 0.3) is 5.95 Å². The van der Waals surface area contributed by atoms with Crippen LogP contribution in [0, 0.1) is 11.3 Å². The number of nitriles is 1. The van der Waals surface area contributed by atoms with E-state index in [1.54, 1.807) is 41.9 Å². The number of pyridine rings is 1. The molecule has 5 aromatic rings. The number of anilines is 1. The minimum absolute atomic E-state index is 0.104. The number of fused-ring (bicyclic) bond motifs is 1. The number of imidazole rings is 1. The van der Waals surface area contributed by atoms with Crippen molar-refractivity contribution in [2.75, 3.05) is 5.32 Å². The molecular weight excluding hydrogens is 500 g/mol. The van der Waals surface area contributed by atoms with Crippen LogP contribution in [0.5, 0.6) is 11.8 Å². The number of amides is 1. The van der Waals surface area contributed by atoms with E-state index in [0.717, 1.165) is 0 Å². The van der Waals surface area contributed by atoms with E-state index in [0.29, 0.717) is 28.2 Å². The molecule has 1 N–H and O–H groups in total. The molecule has 0 radical (unpaired) electrons. The Hall–Kier alpha value is -5.45. The molecule has 0 saturated carbocycles.